The van der Waals surface area contributed by atoms with Gasteiger partial charge in [0.1, 0.15) is 0 Å². The molecule has 1 rings (SSSR count). The molecule has 58 valence electrons. The van der Waals surface area contributed by atoms with E-state index in [4.69, 9.17) is 9.31 Å². The summed E-state index contributed by atoms with van der Waals surface area (Å²) in [5.74, 6) is 0. The number of rotatable bonds is 0. The average Bonchev–Trinajstić information content (AvgIpc) is 1.73. The Hall–Kier alpha value is 0.335. The molecule has 0 aromatic heterocycles. The molecule has 0 aromatic rings. The largest absolute Gasteiger partial charge is 0.529 e. The van der Waals surface area contributed by atoms with E-state index >= 15 is 0 Å². The highest BCUT2D eigenvalue weighted by atomic mass is 32.1. The average molecular weight is 160 g/mol. The first-order valence-corrected chi connectivity index (χ1v) is 3.90. The van der Waals surface area contributed by atoms with Crippen molar-refractivity contribution in [1.29, 1.82) is 0 Å². The van der Waals surface area contributed by atoms with Gasteiger partial charge in [0.25, 0.3) is 0 Å². The van der Waals surface area contributed by atoms with Crippen molar-refractivity contribution in [3.05, 3.63) is 0 Å². The van der Waals surface area contributed by atoms with E-state index in [0.717, 1.165) is 0 Å². The summed E-state index contributed by atoms with van der Waals surface area (Å²) in [5.41, 5.74) is -0.473. The van der Waals surface area contributed by atoms with Crippen LogP contribution in [0.25, 0.3) is 0 Å². The van der Waals surface area contributed by atoms with Gasteiger partial charge in [-0.1, -0.05) is 0 Å². The summed E-state index contributed by atoms with van der Waals surface area (Å²) in [7, 11) is 0. The highest BCUT2D eigenvalue weighted by Gasteiger charge is 2.49. The van der Waals surface area contributed by atoms with Gasteiger partial charge in [0, 0.05) is 0 Å². The van der Waals surface area contributed by atoms with Crippen LogP contribution in [0.1, 0.15) is 27.7 Å². The second-order valence-electron chi connectivity index (χ2n) is 3.56. The summed E-state index contributed by atoms with van der Waals surface area (Å²) in [4.78, 5) is 0. The van der Waals surface area contributed by atoms with E-state index in [-0.39, 0.29) is 17.6 Å². The minimum Gasteiger partial charge on any atom is -0.394 e. The second-order valence-corrected chi connectivity index (χ2v) is 3.99. The molecule has 0 saturated carbocycles. The Balaban J connectivity index is 2.78. The van der Waals surface area contributed by atoms with Crippen LogP contribution < -0.4 is 0 Å². The van der Waals surface area contributed by atoms with Gasteiger partial charge < -0.3 is 9.31 Å². The number of hydrogen-bond acceptors (Lipinski definition) is 3. The first-order valence-electron chi connectivity index (χ1n) is 3.39. The van der Waals surface area contributed by atoms with Gasteiger partial charge in [-0.25, -0.2) is 0 Å². The summed E-state index contributed by atoms with van der Waals surface area (Å²) < 4.78 is 10.8. The molecule has 1 saturated heterocycles. The van der Waals surface area contributed by atoms with E-state index in [2.05, 4.69) is 12.5 Å². The van der Waals surface area contributed by atoms with Gasteiger partial charge in [-0.05, 0) is 27.7 Å². The molecule has 0 atom stereocenters. The van der Waals surface area contributed by atoms with Crippen molar-refractivity contribution >= 4 is 18.9 Å². The lowest BCUT2D eigenvalue weighted by Gasteiger charge is -2.32. The minimum absolute atomic E-state index is 0.237. The van der Waals surface area contributed by atoms with Crippen molar-refractivity contribution < 1.29 is 9.31 Å². The highest BCUT2D eigenvalue weighted by Crippen LogP contribution is 2.37. The fourth-order valence-electron chi connectivity index (χ4n) is 0.812. The monoisotopic (exact) mass is 160 g/mol. The Morgan fingerprint density at radius 2 is 1.30 bits per heavy atom. The Labute approximate surface area is 67.7 Å². The van der Waals surface area contributed by atoms with Crippen molar-refractivity contribution in [2.24, 2.45) is 0 Å². The molecule has 0 unspecified atom stereocenters. The van der Waals surface area contributed by atoms with Gasteiger partial charge in [-0.15, -0.1) is 0 Å². The van der Waals surface area contributed by atoms with Crippen LogP contribution in [0.5, 0.6) is 0 Å². The SMILES string of the molecule is CC1(C)OB(S)OC1(C)C. The molecule has 0 N–H and O–H groups in total. The van der Waals surface area contributed by atoms with Crippen LogP contribution in [0.3, 0.4) is 0 Å². The molecule has 1 fully saturated rings. The Morgan fingerprint density at radius 1 is 1.00 bits per heavy atom. The Bertz CT molecular complexity index is 131. The molecule has 4 heteroatoms. The van der Waals surface area contributed by atoms with Crippen molar-refractivity contribution in [2.75, 3.05) is 0 Å². The Kier molecular flexibility index (Phi) is 1.82. The molecular formula is C6H13BO2S. The van der Waals surface area contributed by atoms with Crippen molar-refractivity contribution in [2.45, 2.75) is 38.9 Å². The summed E-state index contributed by atoms with van der Waals surface area (Å²) in [5, 5.41) is 0. The van der Waals surface area contributed by atoms with Gasteiger partial charge in [-0.2, -0.15) is 12.5 Å². The Morgan fingerprint density at radius 3 is 1.40 bits per heavy atom. The van der Waals surface area contributed by atoms with Crippen LogP contribution >= 0.6 is 12.5 Å². The predicted molar refractivity (Wildman–Crippen MR) is 45.1 cm³/mol. The maximum atomic E-state index is 5.41. The summed E-state index contributed by atoms with van der Waals surface area (Å²) >= 11 is 4.07. The molecule has 0 amide bonds. The van der Waals surface area contributed by atoms with Crippen LogP contribution in [-0.4, -0.2) is 17.6 Å². The lowest BCUT2D eigenvalue weighted by atomic mass is 9.90. The van der Waals surface area contributed by atoms with Gasteiger partial charge in [0.2, 0.25) is 0 Å². The molecule has 1 aliphatic rings. The van der Waals surface area contributed by atoms with Crippen LogP contribution in [-0.2, 0) is 9.31 Å². The number of thiol groups is 1. The van der Waals surface area contributed by atoms with Gasteiger partial charge in [0.05, 0.1) is 11.2 Å². The molecule has 1 heterocycles. The molecular weight excluding hydrogens is 147 g/mol. The van der Waals surface area contributed by atoms with Crippen molar-refractivity contribution in [3.8, 4) is 0 Å². The fourth-order valence-corrected chi connectivity index (χ4v) is 1.34. The maximum absolute atomic E-state index is 5.41. The van der Waals surface area contributed by atoms with E-state index in [0.29, 0.717) is 0 Å². The molecule has 0 aromatic carbocycles. The molecule has 10 heavy (non-hydrogen) atoms. The second kappa shape index (κ2) is 2.16. The van der Waals surface area contributed by atoms with Gasteiger partial charge in [-0.3, -0.25) is 0 Å². The third-order valence-electron chi connectivity index (χ3n) is 2.24. The van der Waals surface area contributed by atoms with Gasteiger partial charge in [0.15, 0.2) is 0 Å². The van der Waals surface area contributed by atoms with Gasteiger partial charge >= 0.3 is 6.40 Å². The predicted octanol–water partition coefficient (Wildman–Crippen LogP) is 1.51. The van der Waals surface area contributed by atoms with E-state index in [9.17, 15) is 0 Å². The van der Waals surface area contributed by atoms with E-state index in [1.165, 1.54) is 0 Å². The third kappa shape index (κ3) is 1.20. The van der Waals surface area contributed by atoms with E-state index in [1.807, 2.05) is 27.7 Å². The van der Waals surface area contributed by atoms with E-state index < -0.39 is 0 Å². The highest BCUT2D eigenvalue weighted by molar-refractivity contribution is 8.08. The topological polar surface area (TPSA) is 18.5 Å². The maximum Gasteiger partial charge on any atom is 0.529 e. The zero-order valence-electron chi connectivity index (χ0n) is 6.84. The van der Waals surface area contributed by atoms with Crippen LogP contribution in [0.2, 0.25) is 0 Å². The fraction of sp³-hybridized carbons (Fsp3) is 1.00. The summed E-state index contributed by atoms with van der Waals surface area (Å²) in [6, 6.07) is 0. The van der Waals surface area contributed by atoms with Crippen LogP contribution in [0.15, 0.2) is 0 Å². The van der Waals surface area contributed by atoms with Crippen LogP contribution in [0, 0.1) is 0 Å². The first kappa shape index (κ1) is 8.43. The molecule has 0 aliphatic carbocycles. The number of hydrogen-bond donors (Lipinski definition) is 1. The quantitative estimate of drug-likeness (QED) is 0.427. The van der Waals surface area contributed by atoms with Crippen molar-refractivity contribution in [1.82, 2.24) is 0 Å². The lowest BCUT2D eigenvalue weighted by Crippen LogP contribution is -2.41. The minimum atomic E-state index is -0.370. The van der Waals surface area contributed by atoms with E-state index in [1.54, 1.807) is 0 Å². The molecule has 1 aliphatic heterocycles. The van der Waals surface area contributed by atoms with Crippen molar-refractivity contribution in [3.63, 3.8) is 0 Å². The third-order valence-corrected chi connectivity index (χ3v) is 2.45. The zero-order valence-corrected chi connectivity index (χ0v) is 7.74. The normalized spacial score (nSPS) is 29.1. The molecule has 0 spiro atoms. The zero-order chi connectivity index (χ0) is 7.99. The van der Waals surface area contributed by atoms with Crippen LogP contribution in [0.4, 0.5) is 0 Å². The summed E-state index contributed by atoms with van der Waals surface area (Å²) in [6.07, 6.45) is -0.370. The summed E-state index contributed by atoms with van der Waals surface area (Å²) in [6.45, 7) is 8.01. The first-order chi connectivity index (χ1) is 4.35. The lowest BCUT2D eigenvalue weighted by molar-refractivity contribution is 0.00578. The molecule has 2 nitrogen and oxygen atoms in total. The molecule has 0 radical (unpaired) electrons. The molecule has 0 bridgehead atoms. The smallest absolute Gasteiger partial charge is 0.394 e. The standard InChI is InChI=1S/C6H13BO2S/c1-5(2)6(3,4)9-7(10)8-5/h10H,1-4H3.